The fourth-order valence-corrected chi connectivity index (χ4v) is 2.94. The van der Waals surface area contributed by atoms with Crippen molar-refractivity contribution >= 4 is 16.5 Å². The molecular formula is C11H18N2OS. The summed E-state index contributed by atoms with van der Waals surface area (Å²) in [5.74, 6) is 0.596. The van der Waals surface area contributed by atoms with Gasteiger partial charge in [0.2, 0.25) is 0 Å². The molecule has 4 heteroatoms. The lowest BCUT2D eigenvalue weighted by molar-refractivity contribution is -0.0186. The molecule has 0 radical (unpaired) electrons. The van der Waals surface area contributed by atoms with Gasteiger partial charge >= 0.3 is 0 Å². The average molecular weight is 226 g/mol. The van der Waals surface area contributed by atoms with Crippen molar-refractivity contribution < 1.29 is 5.11 Å². The van der Waals surface area contributed by atoms with E-state index in [0.29, 0.717) is 12.5 Å². The monoisotopic (exact) mass is 226 g/mol. The highest BCUT2D eigenvalue weighted by Gasteiger charge is 2.45. The van der Waals surface area contributed by atoms with Gasteiger partial charge in [-0.15, -0.1) is 11.3 Å². The number of aliphatic hydroxyl groups is 1. The fraction of sp³-hybridized carbons (Fsp3) is 0.727. The Bertz CT molecular complexity index is 325. The summed E-state index contributed by atoms with van der Waals surface area (Å²) in [6.07, 6.45) is 1.82. The second-order valence-electron chi connectivity index (χ2n) is 4.74. The quantitative estimate of drug-likeness (QED) is 0.838. The maximum Gasteiger partial charge on any atom is 0.185 e. The molecule has 1 N–H and O–H groups in total. The van der Waals surface area contributed by atoms with Crippen LogP contribution in [0.25, 0.3) is 0 Å². The Morgan fingerprint density at radius 1 is 1.67 bits per heavy atom. The number of hydrogen-bond donors (Lipinski definition) is 1. The van der Waals surface area contributed by atoms with Gasteiger partial charge < -0.3 is 10.0 Å². The molecule has 2 rings (SSSR count). The molecule has 2 atom stereocenters. The number of anilines is 1. The fourth-order valence-electron chi connectivity index (χ4n) is 2.28. The van der Waals surface area contributed by atoms with Crippen LogP contribution < -0.4 is 4.90 Å². The molecule has 0 aromatic carbocycles. The number of nitrogens with zero attached hydrogens (tertiary/aromatic N) is 2. The number of hydrogen-bond acceptors (Lipinski definition) is 4. The van der Waals surface area contributed by atoms with Gasteiger partial charge in [0.25, 0.3) is 0 Å². The van der Waals surface area contributed by atoms with E-state index in [1.807, 2.05) is 11.6 Å². The molecule has 0 aliphatic carbocycles. The minimum absolute atomic E-state index is 0.289. The molecule has 0 saturated carbocycles. The van der Waals surface area contributed by atoms with Gasteiger partial charge in [-0.05, 0) is 5.92 Å². The van der Waals surface area contributed by atoms with Crippen LogP contribution in [0.5, 0.6) is 0 Å². The van der Waals surface area contributed by atoms with Crippen molar-refractivity contribution in [1.29, 1.82) is 0 Å². The number of thiazole rings is 1. The van der Waals surface area contributed by atoms with Crippen LogP contribution in [0, 0.1) is 11.8 Å². The number of β-amino-alcohol motifs (C(OH)–C–C–N with tert-alkyl or cyclic N) is 1. The predicted octanol–water partition coefficient (Wildman–Crippen LogP) is 1.99. The van der Waals surface area contributed by atoms with Crippen LogP contribution in [0.1, 0.15) is 20.8 Å². The molecule has 0 spiro atoms. The molecule has 1 aliphatic rings. The molecule has 1 saturated heterocycles. The third kappa shape index (κ3) is 1.76. The first-order valence-electron chi connectivity index (χ1n) is 5.41. The molecule has 3 nitrogen and oxygen atoms in total. The van der Waals surface area contributed by atoms with Crippen molar-refractivity contribution in [2.75, 3.05) is 18.0 Å². The van der Waals surface area contributed by atoms with Gasteiger partial charge in [0.1, 0.15) is 0 Å². The van der Waals surface area contributed by atoms with Gasteiger partial charge in [0.05, 0.1) is 5.60 Å². The summed E-state index contributed by atoms with van der Waals surface area (Å²) in [6, 6.07) is 0. The topological polar surface area (TPSA) is 36.4 Å². The lowest BCUT2D eigenvalue weighted by Crippen LogP contribution is -2.42. The zero-order chi connectivity index (χ0) is 11.1. The van der Waals surface area contributed by atoms with Gasteiger partial charge in [-0.2, -0.15) is 0 Å². The van der Waals surface area contributed by atoms with Crippen LogP contribution in [0.2, 0.25) is 0 Å². The summed E-state index contributed by atoms with van der Waals surface area (Å²) >= 11 is 1.64. The first-order chi connectivity index (χ1) is 7.04. The zero-order valence-electron chi connectivity index (χ0n) is 9.47. The number of aromatic nitrogens is 1. The molecule has 1 aliphatic heterocycles. The Kier molecular flexibility index (Phi) is 2.73. The van der Waals surface area contributed by atoms with Crippen LogP contribution in [0.15, 0.2) is 11.6 Å². The van der Waals surface area contributed by atoms with E-state index >= 15 is 0 Å². The highest BCUT2D eigenvalue weighted by molar-refractivity contribution is 7.13. The summed E-state index contributed by atoms with van der Waals surface area (Å²) in [7, 11) is 0. The highest BCUT2D eigenvalue weighted by Crippen LogP contribution is 2.36. The highest BCUT2D eigenvalue weighted by atomic mass is 32.1. The summed E-state index contributed by atoms with van der Waals surface area (Å²) in [5.41, 5.74) is -0.564. The maximum absolute atomic E-state index is 10.5. The second kappa shape index (κ2) is 3.76. The van der Waals surface area contributed by atoms with Crippen LogP contribution in [0.4, 0.5) is 5.13 Å². The largest absolute Gasteiger partial charge is 0.387 e. The van der Waals surface area contributed by atoms with Crippen molar-refractivity contribution in [3.8, 4) is 0 Å². The van der Waals surface area contributed by atoms with Crippen molar-refractivity contribution in [3.05, 3.63) is 11.6 Å². The number of rotatable bonds is 2. The first kappa shape index (κ1) is 10.9. The predicted molar refractivity (Wildman–Crippen MR) is 63.3 cm³/mol. The van der Waals surface area contributed by atoms with Gasteiger partial charge in [-0.25, -0.2) is 4.98 Å². The lowest BCUT2D eigenvalue weighted by atomic mass is 9.82. The summed E-state index contributed by atoms with van der Waals surface area (Å²) in [5, 5.41) is 13.5. The van der Waals surface area contributed by atoms with Crippen molar-refractivity contribution in [2.24, 2.45) is 11.8 Å². The lowest BCUT2D eigenvalue weighted by Gasteiger charge is -2.30. The smallest absolute Gasteiger partial charge is 0.185 e. The molecule has 15 heavy (non-hydrogen) atoms. The third-order valence-electron chi connectivity index (χ3n) is 3.48. The summed E-state index contributed by atoms with van der Waals surface area (Å²) < 4.78 is 0. The molecule has 0 unspecified atom stereocenters. The van der Waals surface area contributed by atoms with Crippen LogP contribution in [-0.2, 0) is 0 Å². The average Bonchev–Trinajstić information content (AvgIpc) is 2.75. The first-order valence-corrected chi connectivity index (χ1v) is 6.29. The Hall–Kier alpha value is -0.610. The maximum atomic E-state index is 10.5. The van der Waals surface area contributed by atoms with Gasteiger partial charge in [-0.1, -0.05) is 20.8 Å². The Balaban J connectivity index is 2.17. The van der Waals surface area contributed by atoms with E-state index in [1.54, 1.807) is 11.3 Å². The van der Waals surface area contributed by atoms with Crippen molar-refractivity contribution in [2.45, 2.75) is 26.4 Å². The minimum Gasteiger partial charge on any atom is -0.387 e. The third-order valence-corrected chi connectivity index (χ3v) is 4.31. The molecular weight excluding hydrogens is 208 g/mol. The Labute approximate surface area is 94.8 Å². The van der Waals surface area contributed by atoms with E-state index in [1.165, 1.54) is 0 Å². The van der Waals surface area contributed by atoms with Crippen LogP contribution in [0.3, 0.4) is 0 Å². The van der Waals surface area contributed by atoms with Gasteiger partial charge in [0.15, 0.2) is 5.13 Å². The molecule has 2 heterocycles. The van der Waals surface area contributed by atoms with E-state index in [4.69, 9.17) is 0 Å². The molecule has 1 fully saturated rings. The summed E-state index contributed by atoms with van der Waals surface area (Å²) in [6.45, 7) is 7.90. The van der Waals surface area contributed by atoms with E-state index in [0.717, 1.165) is 11.7 Å². The van der Waals surface area contributed by atoms with E-state index in [2.05, 4.69) is 30.7 Å². The van der Waals surface area contributed by atoms with Crippen LogP contribution in [-0.4, -0.2) is 28.8 Å². The molecule has 1 aromatic heterocycles. The minimum atomic E-state index is -0.564. The molecule has 1 aromatic rings. The van der Waals surface area contributed by atoms with E-state index < -0.39 is 5.60 Å². The van der Waals surface area contributed by atoms with E-state index in [-0.39, 0.29) is 5.92 Å². The SMILES string of the molecule is CC(C)[C@@]1(O)CN(c2nccs2)C[C@@H]1C. The Morgan fingerprint density at radius 3 is 2.87 bits per heavy atom. The molecule has 84 valence electrons. The van der Waals surface area contributed by atoms with Crippen molar-refractivity contribution in [1.82, 2.24) is 4.98 Å². The Morgan fingerprint density at radius 2 is 2.40 bits per heavy atom. The molecule has 0 amide bonds. The van der Waals surface area contributed by atoms with Gasteiger partial charge in [-0.3, -0.25) is 0 Å². The zero-order valence-corrected chi connectivity index (χ0v) is 10.3. The van der Waals surface area contributed by atoms with Crippen molar-refractivity contribution in [3.63, 3.8) is 0 Å². The normalized spacial score (nSPS) is 31.5. The van der Waals surface area contributed by atoms with Gasteiger partial charge in [0, 0.05) is 30.6 Å². The summed E-state index contributed by atoms with van der Waals surface area (Å²) in [4.78, 5) is 6.48. The van der Waals surface area contributed by atoms with Crippen LogP contribution >= 0.6 is 11.3 Å². The standard InChI is InChI=1S/C11H18N2OS/c1-8(2)11(14)7-13(6-9(11)3)10-12-4-5-15-10/h4-5,8-9,14H,6-7H2,1-3H3/t9-,11-/m0/s1. The van der Waals surface area contributed by atoms with E-state index in [9.17, 15) is 5.11 Å². The molecule has 0 bridgehead atoms. The second-order valence-corrected chi connectivity index (χ2v) is 5.62.